The molecule has 132 valence electrons. The molecule has 1 aliphatic rings. The average molecular weight is 341 g/mol. The van der Waals surface area contributed by atoms with Crippen molar-refractivity contribution in [2.24, 2.45) is 0 Å². The molecule has 0 saturated carbocycles. The molecule has 0 aliphatic carbocycles. The number of morpholine rings is 1. The number of amides is 1. The van der Waals surface area contributed by atoms with Crippen molar-refractivity contribution in [1.82, 2.24) is 0 Å². The zero-order valence-electron chi connectivity index (χ0n) is 14.7. The van der Waals surface area contributed by atoms with Gasteiger partial charge in [0.05, 0.1) is 0 Å². The highest BCUT2D eigenvalue weighted by atomic mass is 16.5. The monoisotopic (exact) mass is 341 g/mol. The van der Waals surface area contributed by atoms with Gasteiger partial charge in [-0.15, -0.1) is 0 Å². The first-order chi connectivity index (χ1) is 12.1. The molecule has 25 heavy (non-hydrogen) atoms. The number of carbonyl (C=O) groups excluding carboxylic acids is 1. The minimum Gasteiger partial charge on any atom is -0.457 e. The fourth-order valence-electron chi connectivity index (χ4n) is 3.23. The molecule has 5 nitrogen and oxygen atoms in total. The van der Waals surface area contributed by atoms with Gasteiger partial charge in [0.15, 0.2) is 6.54 Å². The van der Waals surface area contributed by atoms with Gasteiger partial charge in [0.2, 0.25) is 0 Å². The predicted octanol–water partition coefficient (Wildman–Crippen LogP) is 2.11. The van der Waals surface area contributed by atoms with Crippen molar-refractivity contribution in [3.8, 4) is 11.5 Å². The zero-order valence-corrected chi connectivity index (χ0v) is 14.7. The Bertz CT molecular complexity index is 695. The first-order valence-electron chi connectivity index (χ1n) is 8.70. The second-order valence-electron chi connectivity index (χ2n) is 6.58. The SMILES string of the molecule is C[C@@H]1C[NH+](CC(=O)Nc2cccc(Oc3ccccc3)c2)C[C@@H](C)O1. The van der Waals surface area contributed by atoms with Crippen molar-refractivity contribution >= 4 is 11.6 Å². The molecule has 5 heteroatoms. The zero-order chi connectivity index (χ0) is 17.6. The van der Waals surface area contributed by atoms with E-state index in [0.717, 1.165) is 24.5 Å². The highest BCUT2D eigenvalue weighted by Crippen LogP contribution is 2.23. The summed E-state index contributed by atoms with van der Waals surface area (Å²) < 4.78 is 11.5. The lowest BCUT2D eigenvalue weighted by molar-refractivity contribution is -0.907. The molecular formula is C20H25N2O3+. The summed E-state index contributed by atoms with van der Waals surface area (Å²) in [4.78, 5) is 13.6. The van der Waals surface area contributed by atoms with Crippen LogP contribution in [0, 0.1) is 0 Å². The molecule has 2 N–H and O–H groups in total. The number of quaternary nitrogens is 1. The fourth-order valence-corrected chi connectivity index (χ4v) is 3.23. The van der Waals surface area contributed by atoms with E-state index in [1.54, 1.807) is 0 Å². The molecule has 0 bridgehead atoms. The van der Waals surface area contributed by atoms with Crippen molar-refractivity contribution < 1.29 is 19.2 Å². The summed E-state index contributed by atoms with van der Waals surface area (Å²) in [5.74, 6) is 1.48. The third kappa shape index (κ3) is 5.31. The normalized spacial score (nSPS) is 23.0. The summed E-state index contributed by atoms with van der Waals surface area (Å²) in [7, 11) is 0. The lowest BCUT2D eigenvalue weighted by atomic mass is 10.2. The topological polar surface area (TPSA) is 52.0 Å². The van der Waals surface area contributed by atoms with Crippen LogP contribution in [0.5, 0.6) is 11.5 Å². The maximum Gasteiger partial charge on any atom is 0.279 e. The quantitative estimate of drug-likeness (QED) is 0.876. The van der Waals surface area contributed by atoms with Crippen LogP contribution < -0.4 is 15.0 Å². The Morgan fingerprint density at radius 3 is 2.48 bits per heavy atom. The Hall–Kier alpha value is -2.37. The van der Waals surface area contributed by atoms with E-state index in [1.807, 2.05) is 54.6 Å². The number of hydrogen-bond donors (Lipinski definition) is 2. The molecule has 1 amide bonds. The van der Waals surface area contributed by atoms with Gasteiger partial charge >= 0.3 is 0 Å². The number of ether oxygens (including phenoxy) is 2. The van der Waals surface area contributed by atoms with E-state index in [1.165, 1.54) is 4.90 Å². The Balaban J connectivity index is 1.57. The second kappa shape index (κ2) is 8.14. The molecule has 0 spiro atoms. The summed E-state index contributed by atoms with van der Waals surface area (Å²) in [5, 5.41) is 2.96. The Morgan fingerprint density at radius 1 is 1.08 bits per heavy atom. The Kier molecular flexibility index (Phi) is 5.68. The van der Waals surface area contributed by atoms with Crippen LogP contribution in [-0.2, 0) is 9.53 Å². The number of benzene rings is 2. The number of nitrogens with one attached hydrogen (secondary N) is 2. The van der Waals surface area contributed by atoms with E-state index in [4.69, 9.17) is 9.47 Å². The third-order valence-electron chi connectivity index (χ3n) is 4.12. The van der Waals surface area contributed by atoms with E-state index >= 15 is 0 Å². The summed E-state index contributed by atoms with van der Waals surface area (Å²) in [6.07, 6.45) is 0.378. The average Bonchev–Trinajstić information content (AvgIpc) is 2.55. The number of hydrogen-bond acceptors (Lipinski definition) is 3. The van der Waals surface area contributed by atoms with Crippen molar-refractivity contribution in [2.75, 3.05) is 25.0 Å². The van der Waals surface area contributed by atoms with Crippen LogP contribution in [0.4, 0.5) is 5.69 Å². The van der Waals surface area contributed by atoms with Crippen molar-refractivity contribution in [3.05, 3.63) is 54.6 Å². The largest absolute Gasteiger partial charge is 0.457 e. The smallest absolute Gasteiger partial charge is 0.279 e. The number of para-hydroxylation sites is 1. The van der Waals surface area contributed by atoms with Crippen LogP contribution in [0.2, 0.25) is 0 Å². The number of rotatable bonds is 5. The van der Waals surface area contributed by atoms with E-state index < -0.39 is 0 Å². The van der Waals surface area contributed by atoms with Gasteiger partial charge in [-0.1, -0.05) is 24.3 Å². The van der Waals surface area contributed by atoms with Crippen LogP contribution in [0.1, 0.15) is 13.8 Å². The molecule has 1 heterocycles. The summed E-state index contributed by atoms with van der Waals surface area (Å²) in [5.41, 5.74) is 0.743. The Labute approximate surface area is 148 Å². The van der Waals surface area contributed by atoms with E-state index in [0.29, 0.717) is 12.3 Å². The van der Waals surface area contributed by atoms with Gasteiger partial charge in [0.1, 0.15) is 36.8 Å². The maximum atomic E-state index is 12.4. The lowest BCUT2D eigenvalue weighted by Gasteiger charge is -2.31. The first-order valence-corrected chi connectivity index (χ1v) is 8.70. The van der Waals surface area contributed by atoms with Gasteiger partial charge < -0.3 is 19.7 Å². The molecule has 0 unspecified atom stereocenters. The molecule has 0 aromatic heterocycles. The summed E-state index contributed by atoms with van der Waals surface area (Å²) >= 11 is 0. The highest BCUT2D eigenvalue weighted by Gasteiger charge is 2.27. The van der Waals surface area contributed by atoms with Crippen molar-refractivity contribution in [3.63, 3.8) is 0 Å². The van der Waals surface area contributed by atoms with Crippen LogP contribution >= 0.6 is 0 Å². The predicted molar refractivity (Wildman–Crippen MR) is 97.2 cm³/mol. The highest BCUT2D eigenvalue weighted by molar-refractivity contribution is 5.91. The van der Waals surface area contributed by atoms with Gasteiger partial charge in [-0.2, -0.15) is 0 Å². The molecule has 1 saturated heterocycles. The molecular weight excluding hydrogens is 316 g/mol. The molecule has 2 atom stereocenters. The lowest BCUT2D eigenvalue weighted by Crippen LogP contribution is -3.16. The standard InChI is InChI=1S/C20H24N2O3/c1-15-12-22(13-16(2)24-15)14-20(23)21-17-7-6-10-19(11-17)25-18-8-4-3-5-9-18/h3-11,15-16H,12-14H2,1-2H3,(H,21,23)/p+1/t15-,16-/m1/s1. The van der Waals surface area contributed by atoms with Crippen LogP contribution in [0.15, 0.2) is 54.6 Å². The van der Waals surface area contributed by atoms with Gasteiger partial charge in [0.25, 0.3) is 5.91 Å². The van der Waals surface area contributed by atoms with Crippen LogP contribution in [-0.4, -0.2) is 37.7 Å². The Morgan fingerprint density at radius 2 is 1.76 bits per heavy atom. The van der Waals surface area contributed by atoms with E-state index in [9.17, 15) is 4.79 Å². The van der Waals surface area contributed by atoms with Gasteiger partial charge in [0, 0.05) is 11.8 Å². The van der Waals surface area contributed by atoms with Crippen molar-refractivity contribution in [1.29, 1.82) is 0 Å². The number of anilines is 1. The third-order valence-corrected chi connectivity index (χ3v) is 4.12. The number of carbonyl (C=O) groups is 1. The minimum atomic E-state index is 0.00756. The molecule has 1 fully saturated rings. The van der Waals surface area contributed by atoms with Gasteiger partial charge in [-0.3, -0.25) is 4.79 Å². The molecule has 1 aliphatic heterocycles. The molecule has 3 rings (SSSR count). The molecule has 2 aromatic rings. The van der Waals surface area contributed by atoms with E-state index in [-0.39, 0.29) is 18.1 Å². The summed E-state index contributed by atoms with van der Waals surface area (Å²) in [6, 6.07) is 17.0. The van der Waals surface area contributed by atoms with Gasteiger partial charge in [-0.25, -0.2) is 0 Å². The van der Waals surface area contributed by atoms with E-state index in [2.05, 4.69) is 19.2 Å². The minimum absolute atomic E-state index is 0.00756. The molecule has 0 radical (unpaired) electrons. The molecule has 2 aromatic carbocycles. The maximum absolute atomic E-state index is 12.4. The summed E-state index contributed by atoms with van der Waals surface area (Å²) in [6.45, 7) is 6.27. The fraction of sp³-hybridized carbons (Fsp3) is 0.350. The first kappa shape index (κ1) is 17.5. The van der Waals surface area contributed by atoms with Crippen molar-refractivity contribution in [2.45, 2.75) is 26.1 Å². The van der Waals surface area contributed by atoms with Crippen LogP contribution in [0.25, 0.3) is 0 Å². The van der Waals surface area contributed by atoms with Crippen LogP contribution in [0.3, 0.4) is 0 Å². The van der Waals surface area contributed by atoms with Gasteiger partial charge in [-0.05, 0) is 38.1 Å². The second-order valence-corrected chi connectivity index (χ2v) is 6.58.